The monoisotopic (exact) mass is 342 g/mol. The molecule has 0 bridgehead atoms. The van der Waals surface area contributed by atoms with Crippen LogP contribution >= 0.6 is 23.2 Å². The van der Waals surface area contributed by atoms with Gasteiger partial charge in [-0.05, 0) is 12.1 Å². The number of carbonyl (C=O) groups excluding carboxylic acids is 1. The normalized spacial score (nSPS) is 10.8. The lowest BCUT2D eigenvalue weighted by atomic mass is 10.2. The zero-order valence-corrected chi connectivity index (χ0v) is 12.1. The van der Waals surface area contributed by atoms with Gasteiger partial charge in [0.25, 0.3) is 0 Å². The number of hydrogen-bond acceptors (Lipinski definition) is 5. The summed E-state index contributed by atoms with van der Waals surface area (Å²) in [5.74, 6) is -1.45. The Morgan fingerprint density at radius 3 is 2.40 bits per heavy atom. The summed E-state index contributed by atoms with van der Waals surface area (Å²) in [5.41, 5.74) is -0.905. The number of nitrogens with one attached hydrogen (secondary N) is 2. The Morgan fingerprint density at radius 1 is 1.30 bits per heavy atom. The van der Waals surface area contributed by atoms with Gasteiger partial charge < -0.3 is 9.84 Å². The highest BCUT2D eigenvalue weighted by molar-refractivity contribution is 7.91. The number of amides is 1. The van der Waals surface area contributed by atoms with E-state index in [1.165, 1.54) is 4.72 Å². The van der Waals surface area contributed by atoms with Crippen molar-refractivity contribution in [3.05, 3.63) is 27.7 Å². The van der Waals surface area contributed by atoms with E-state index in [0.717, 1.165) is 19.2 Å². The minimum absolute atomic E-state index is 0.0104. The van der Waals surface area contributed by atoms with Crippen LogP contribution in [0.1, 0.15) is 10.4 Å². The van der Waals surface area contributed by atoms with Gasteiger partial charge in [0.2, 0.25) is 0 Å². The molecule has 0 fully saturated rings. The molecule has 0 atom stereocenters. The molecular formula is C9H8Cl2N2O6S. The van der Waals surface area contributed by atoms with Gasteiger partial charge in [-0.2, -0.15) is 8.42 Å². The van der Waals surface area contributed by atoms with Crippen molar-refractivity contribution in [1.29, 1.82) is 0 Å². The summed E-state index contributed by atoms with van der Waals surface area (Å²) in [6, 6.07) is 2.15. The lowest BCUT2D eigenvalue weighted by Crippen LogP contribution is -2.35. The van der Waals surface area contributed by atoms with Crippen molar-refractivity contribution in [1.82, 2.24) is 4.72 Å². The summed E-state index contributed by atoms with van der Waals surface area (Å²) in [4.78, 5) is 21.9. The number of ether oxygens (including phenoxy) is 1. The number of rotatable bonds is 4. The van der Waals surface area contributed by atoms with E-state index in [2.05, 4.69) is 4.74 Å². The van der Waals surface area contributed by atoms with Gasteiger partial charge in [0, 0.05) is 5.02 Å². The molecule has 3 N–H and O–H groups in total. The molecule has 20 heavy (non-hydrogen) atoms. The van der Waals surface area contributed by atoms with Crippen molar-refractivity contribution >= 4 is 51.2 Å². The molecule has 11 heteroatoms. The lowest BCUT2D eigenvalue weighted by Gasteiger charge is -2.12. The fourth-order valence-corrected chi connectivity index (χ4v) is 2.60. The molecule has 1 aromatic carbocycles. The number of benzene rings is 1. The van der Waals surface area contributed by atoms with Gasteiger partial charge in [0.05, 0.1) is 23.4 Å². The van der Waals surface area contributed by atoms with Gasteiger partial charge in [-0.1, -0.05) is 23.2 Å². The third kappa shape index (κ3) is 4.15. The number of aromatic carboxylic acids is 1. The Balaban J connectivity index is 3.21. The van der Waals surface area contributed by atoms with Crippen LogP contribution in [0.2, 0.25) is 10.0 Å². The second-order valence-electron chi connectivity index (χ2n) is 3.31. The molecule has 0 aliphatic carbocycles. The second kappa shape index (κ2) is 6.16. The highest BCUT2D eigenvalue weighted by Gasteiger charge is 2.21. The molecule has 1 amide bonds. The van der Waals surface area contributed by atoms with E-state index < -0.39 is 33.5 Å². The van der Waals surface area contributed by atoms with E-state index >= 15 is 0 Å². The van der Waals surface area contributed by atoms with Gasteiger partial charge in [0.15, 0.2) is 0 Å². The minimum Gasteiger partial charge on any atom is -0.478 e. The maximum atomic E-state index is 11.6. The molecular weight excluding hydrogens is 335 g/mol. The molecule has 110 valence electrons. The highest BCUT2D eigenvalue weighted by atomic mass is 35.5. The molecule has 0 unspecified atom stereocenters. The van der Waals surface area contributed by atoms with Crippen LogP contribution in [0, 0.1) is 0 Å². The first-order valence-electron chi connectivity index (χ1n) is 4.77. The molecule has 1 rings (SSSR count). The molecule has 8 nitrogen and oxygen atoms in total. The van der Waals surface area contributed by atoms with Gasteiger partial charge in [-0.25, -0.2) is 14.3 Å². The van der Waals surface area contributed by atoms with Crippen molar-refractivity contribution in [3.63, 3.8) is 0 Å². The topological polar surface area (TPSA) is 122 Å². The SMILES string of the molecule is COC(=O)NS(=O)(=O)Nc1c(Cl)cc(Cl)cc1C(=O)O. The quantitative estimate of drug-likeness (QED) is 0.765. The molecule has 0 spiro atoms. The van der Waals surface area contributed by atoms with Crippen LogP contribution in [0.3, 0.4) is 0 Å². The number of halogens is 2. The van der Waals surface area contributed by atoms with E-state index in [9.17, 15) is 18.0 Å². The second-order valence-corrected chi connectivity index (χ2v) is 5.57. The number of anilines is 1. The Hall–Kier alpha value is -1.71. The van der Waals surface area contributed by atoms with Crippen molar-refractivity contribution in [2.45, 2.75) is 0 Å². The molecule has 0 radical (unpaired) electrons. The van der Waals surface area contributed by atoms with Crippen LogP contribution in [-0.4, -0.2) is 32.7 Å². The fraction of sp³-hybridized carbons (Fsp3) is 0.111. The first-order chi connectivity index (χ1) is 9.16. The lowest BCUT2D eigenvalue weighted by molar-refractivity contribution is 0.0698. The van der Waals surface area contributed by atoms with E-state index in [4.69, 9.17) is 28.3 Å². The van der Waals surface area contributed by atoms with Crippen LogP contribution < -0.4 is 9.44 Å². The first-order valence-corrected chi connectivity index (χ1v) is 7.01. The summed E-state index contributed by atoms with van der Waals surface area (Å²) in [5, 5.41) is 8.74. The van der Waals surface area contributed by atoms with E-state index in [1.54, 1.807) is 0 Å². The predicted molar refractivity (Wildman–Crippen MR) is 71.5 cm³/mol. The summed E-state index contributed by atoms with van der Waals surface area (Å²) >= 11 is 11.4. The van der Waals surface area contributed by atoms with E-state index in [1.807, 2.05) is 4.72 Å². The number of carbonyl (C=O) groups is 2. The van der Waals surface area contributed by atoms with Crippen molar-refractivity contribution in [3.8, 4) is 0 Å². The maximum absolute atomic E-state index is 11.6. The van der Waals surface area contributed by atoms with Crippen LogP contribution in [0.5, 0.6) is 0 Å². The molecule has 0 aliphatic heterocycles. The van der Waals surface area contributed by atoms with Crippen molar-refractivity contribution < 1.29 is 27.9 Å². The molecule has 0 heterocycles. The Bertz CT molecular complexity index is 661. The van der Waals surface area contributed by atoms with Crippen LogP contribution in [-0.2, 0) is 14.9 Å². The average molecular weight is 343 g/mol. The number of carboxylic acids is 1. The minimum atomic E-state index is -4.40. The zero-order chi connectivity index (χ0) is 15.5. The average Bonchev–Trinajstić information content (AvgIpc) is 2.31. The summed E-state index contributed by atoms with van der Waals surface area (Å²) in [6.07, 6.45) is -1.25. The van der Waals surface area contributed by atoms with Gasteiger partial charge in [-0.3, -0.25) is 4.72 Å². The van der Waals surface area contributed by atoms with Gasteiger partial charge >= 0.3 is 22.3 Å². The van der Waals surface area contributed by atoms with E-state index in [-0.39, 0.29) is 10.0 Å². The first kappa shape index (κ1) is 16.3. The van der Waals surface area contributed by atoms with Crippen LogP contribution in [0.25, 0.3) is 0 Å². The molecule has 0 aliphatic rings. The maximum Gasteiger partial charge on any atom is 0.422 e. The largest absolute Gasteiger partial charge is 0.478 e. The summed E-state index contributed by atoms with van der Waals surface area (Å²) in [6.45, 7) is 0. The summed E-state index contributed by atoms with van der Waals surface area (Å²) in [7, 11) is -3.44. The number of carboxylic acid groups (broad SMARTS) is 1. The fourth-order valence-electron chi connectivity index (χ4n) is 1.16. The Morgan fingerprint density at radius 2 is 1.90 bits per heavy atom. The highest BCUT2D eigenvalue weighted by Crippen LogP contribution is 2.30. The van der Waals surface area contributed by atoms with E-state index in [0.29, 0.717) is 0 Å². The molecule has 0 saturated heterocycles. The molecule has 1 aromatic rings. The summed E-state index contributed by atoms with van der Waals surface area (Å²) < 4.78 is 30.6. The van der Waals surface area contributed by atoms with Crippen LogP contribution in [0.4, 0.5) is 10.5 Å². The predicted octanol–water partition coefficient (Wildman–Crippen LogP) is 1.70. The zero-order valence-electron chi connectivity index (χ0n) is 9.81. The van der Waals surface area contributed by atoms with Gasteiger partial charge in [0.1, 0.15) is 0 Å². The smallest absolute Gasteiger partial charge is 0.422 e. The number of methoxy groups -OCH3 is 1. The third-order valence-electron chi connectivity index (χ3n) is 1.92. The molecule has 0 aromatic heterocycles. The van der Waals surface area contributed by atoms with Crippen molar-refractivity contribution in [2.24, 2.45) is 0 Å². The standard InChI is InChI=1S/C9H8Cl2N2O6S/c1-19-9(16)13-20(17,18)12-7-5(8(14)15)2-4(10)3-6(7)11/h2-3,12H,1H3,(H,13,16)(H,14,15). The van der Waals surface area contributed by atoms with Crippen LogP contribution in [0.15, 0.2) is 12.1 Å². The Kier molecular flexibility index (Phi) is 5.03. The third-order valence-corrected chi connectivity index (χ3v) is 3.35. The van der Waals surface area contributed by atoms with Crippen molar-refractivity contribution in [2.75, 3.05) is 11.8 Å². The number of hydrogen-bond donors (Lipinski definition) is 3. The molecule has 0 saturated carbocycles. The van der Waals surface area contributed by atoms with Gasteiger partial charge in [-0.15, -0.1) is 0 Å². The Labute approximate surface area is 123 Å².